The maximum atomic E-state index is 4.14. The average molecular weight is 408 g/mol. The van der Waals surface area contributed by atoms with Gasteiger partial charge in [0.2, 0.25) is 0 Å². The van der Waals surface area contributed by atoms with Gasteiger partial charge in [0, 0.05) is 0 Å². The van der Waals surface area contributed by atoms with Crippen molar-refractivity contribution >= 4 is 22.2 Å². The van der Waals surface area contributed by atoms with Crippen LogP contribution in [-0.2, 0) is 12.8 Å². The van der Waals surface area contributed by atoms with Crippen molar-refractivity contribution in [3.63, 3.8) is 0 Å². The molecule has 0 aliphatic rings. The molecule has 0 bridgehead atoms. The number of nitrogens with zero attached hydrogens (tertiary/aromatic N) is 2. The number of aryl methyl sites for hydroxylation is 2. The summed E-state index contributed by atoms with van der Waals surface area (Å²) in [6.45, 7) is 4.92. The maximum absolute atomic E-state index is 4.14. The van der Waals surface area contributed by atoms with E-state index in [4.69, 9.17) is 0 Å². The summed E-state index contributed by atoms with van der Waals surface area (Å²) in [5.41, 5.74) is 2.89. The number of pyridine rings is 2. The molecule has 0 N–H and O–H groups in total. The van der Waals surface area contributed by atoms with Gasteiger partial charge in [0.25, 0.3) is 0 Å². The topological polar surface area (TPSA) is 25.8 Å². The van der Waals surface area contributed by atoms with E-state index in [0.717, 1.165) is 15.0 Å². The predicted molar refractivity (Wildman–Crippen MR) is 109 cm³/mol. The van der Waals surface area contributed by atoms with Crippen molar-refractivity contribution < 1.29 is 0 Å². The van der Waals surface area contributed by atoms with Gasteiger partial charge in [-0.2, -0.15) is 0 Å². The van der Waals surface area contributed by atoms with Crippen LogP contribution in [0, 0.1) is 0 Å². The Morgan fingerprint density at radius 1 is 0.792 bits per heavy atom. The fraction of sp³-hybridized carbons (Fsp3) is 0.500. The van der Waals surface area contributed by atoms with Crippen LogP contribution in [0.15, 0.2) is 49.1 Å². The first-order chi connectivity index (χ1) is 11.7. The first kappa shape index (κ1) is 19.6. The Bertz CT molecular complexity index is 519. The van der Waals surface area contributed by atoms with Gasteiger partial charge in [-0.15, -0.1) is 0 Å². The monoisotopic (exact) mass is 409 g/mol. The van der Waals surface area contributed by atoms with E-state index in [1.807, 2.05) is 24.8 Å². The molecule has 2 heterocycles. The van der Waals surface area contributed by atoms with E-state index >= 15 is 0 Å². The molecule has 0 atom stereocenters. The molecule has 0 unspecified atom stereocenters. The Balaban J connectivity index is 1.91. The standard InChI is InChI=1S/C20H30N2PSe/c1-3-17-24-18-16-23(2,14-8-19-4-10-21-11-5-19)15-9-20-6-12-22-13-7-20/h4-7,10-13H,3,8-9,14-18H2,1-2H3/q+1. The third-order valence-corrected chi connectivity index (χ3v) is 11.6. The van der Waals surface area contributed by atoms with Crippen LogP contribution in [0.3, 0.4) is 0 Å². The zero-order chi connectivity index (χ0) is 17.1. The summed E-state index contributed by atoms with van der Waals surface area (Å²) in [6.07, 6.45) is 15.7. The Hall–Kier alpha value is -0.751. The molecule has 2 nitrogen and oxygen atoms in total. The molecule has 0 saturated heterocycles. The molecule has 24 heavy (non-hydrogen) atoms. The number of hydrogen-bond acceptors (Lipinski definition) is 2. The van der Waals surface area contributed by atoms with Gasteiger partial charge in [0.05, 0.1) is 0 Å². The molecular weight excluding hydrogens is 378 g/mol. The molecule has 2 aromatic heterocycles. The van der Waals surface area contributed by atoms with Crippen molar-refractivity contribution in [2.75, 3.05) is 25.2 Å². The van der Waals surface area contributed by atoms with Gasteiger partial charge in [-0.3, -0.25) is 0 Å². The first-order valence-corrected chi connectivity index (χ1v) is 14.1. The van der Waals surface area contributed by atoms with Crippen molar-refractivity contribution in [2.45, 2.75) is 36.8 Å². The van der Waals surface area contributed by atoms with Crippen LogP contribution in [0.2, 0.25) is 10.6 Å². The van der Waals surface area contributed by atoms with Crippen LogP contribution in [0.1, 0.15) is 24.5 Å². The van der Waals surface area contributed by atoms with Crippen molar-refractivity contribution in [1.82, 2.24) is 9.97 Å². The molecule has 2 aromatic rings. The van der Waals surface area contributed by atoms with E-state index in [1.54, 1.807) is 0 Å². The molecule has 0 aliphatic carbocycles. The van der Waals surface area contributed by atoms with Crippen LogP contribution in [0.5, 0.6) is 0 Å². The summed E-state index contributed by atoms with van der Waals surface area (Å²) in [7, 11) is -0.866. The summed E-state index contributed by atoms with van der Waals surface area (Å²) >= 11 is 0.851. The Morgan fingerprint density at radius 2 is 1.29 bits per heavy atom. The normalized spacial score (nSPS) is 11.6. The van der Waals surface area contributed by atoms with Crippen LogP contribution in [-0.4, -0.2) is 50.1 Å². The second kappa shape index (κ2) is 11.0. The fourth-order valence-corrected chi connectivity index (χ4v) is 10.2. The van der Waals surface area contributed by atoms with Crippen LogP contribution in [0.25, 0.3) is 0 Å². The zero-order valence-electron chi connectivity index (χ0n) is 15.0. The van der Waals surface area contributed by atoms with E-state index in [1.165, 1.54) is 59.5 Å². The molecule has 0 fully saturated rings. The van der Waals surface area contributed by atoms with E-state index in [2.05, 4.69) is 47.8 Å². The zero-order valence-corrected chi connectivity index (χ0v) is 17.6. The fourth-order valence-electron chi connectivity index (χ4n) is 2.76. The van der Waals surface area contributed by atoms with Crippen molar-refractivity contribution in [2.24, 2.45) is 0 Å². The minimum absolute atomic E-state index is 0.851. The molecule has 0 radical (unpaired) electrons. The van der Waals surface area contributed by atoms with Gasteiger partial charge in [-0.25, -0.2) is 0 Å². The number of rotatable bonds is 11. The summed E-state index contributed by atoms with van der Waals surface area (Å²) in [4.78, 5) is 8.28. The third kappa shape index (κ3) is 7.43. The molecule has 0 aromatic carbocycles. The van der Waals surface area contributed by atoms with E-state index < -0.39 is 7.26 Å². The quantitative estimate of drug-likeness (QED) is 0.302. The van der Waals surface area contributed by atoms with Crippen molar-refractivity contribution in [3.05, 3.63) is 60.2 Å². The molecule has 0 amide bonds. The molecule has 130 valence electrons. The molecule has 0 spiro atoms. The number of aromatic nitrogens is 2. The Morgan fingerprint density at radius 3 is 1.75 bits per heavy atom. The van der Waals surface area contributed by atoms with Gasteiger partial charge in [0.15, 0.2) is 0 Å². The minimum atomic E-state index is -0.866. The van der Waals surface area contributed by atoms with Gasteiger partial charge in [-0.1, -0.05) is 0 Å². The summed E-state index contributed by atoms with van der Waals surface area (Å²) in [6, 6.07) is 8.70. The molecule has 4 heteroatoms. The first-order valence-electron chi connectivity index (χ1n) is 8.91. The van der Waals surface area contributed by atoms with E-state index in [9.17, 15) is 0 Å². The van der Waals surface area contributed by atoms with Gasteiger partial charge in [0.1, 0.15) is 0 Å². The third-order valence-electron chi connectivity index (χ3n) is 4.50. The van der Waals surface area contributed by atoms with Crippen molar-refractivity contribution in [3.8, 4) is 0 Å². The molecular formula is C20H30N2PSe+. The molecule has 0 aliphatic heterocycles. The number of hydrogen-bond donors (Lipinski definition) is 0. The molecule has 0 saturated carbocycles. The SMILES string of the molecule is CCC[Se]CC[P+](C)(CCc1ccncc1)CCc1ccncc1. The van der Waals surface area contributed by atoms with Gasteiger partial charge < -0.3 is 0 Å². The van der Waals surface area contributed by atoms with E-state index in [0.29, 0.717) is 0 Å². The van der Waals surface area contributed by atoms with Crippen LogP contribution >= 0.6 is 7.26 Å². The predicted octanol–water partition coefficient (Wildman–Crippen LogP) is 4.86. The molecule has 2 rings (SSSR count). The van der Waals surface area contributed by atoms with Crippen molar-refractivity contribution in [1.29, 1.82) is 0 Å². The summed E-state index contributed by atoms with van der Waals surface area (Å²) in [5.74, 6) is 0. The summed E-state index contributed by atoms with van der Waals surface area (Å²) in [5, 5.41) is 2.92. The Kier molecular flexibility index (Phi) is 8.95. The van der Waals surface area contributed by atoms with Gasteiger partial charge >= 0.3 is 154 Å². The van der Waals surface area contributed by atoms with Crippen LogP contribution in [0.4, 0.5) is 0 Å². The van der Waals surface area contributed by atoms with Crippen LogP contribution < -0.4 is 0 Å². The van der Waals surface area contributed by atoms with Gasteiger partial charge in [-0.05, 0) is 0 Å². The average Bonchev–Trinajstić information content (AvgIpc) is 2.64. The second-order valence-corrected chi connectivity index (χ2v) is 13.8. The van der Waals surface area contributed by atoms with E-state index in [-0.39, 0.29) is 0 Å². The summed E-state index contributed by atoms with van der Waals surface area (Å²) < 4.78 is 0. The Labute approximate surface area is 154 Å². The second-order valence-electron chi connectivity index (χ2n) is 6.61.